The van der Waals surface area contributed by atoms with Crippen LogP contribution in [0.1, 0.15) is 73.5 Å². The van der Waals surface area contributed by atoms with Crippen molar-refractivity contribution in [1.82, 2.24) is 25.1 Å². The average Bonchev–Trinajstić information content (AvgIpc) is 3.37. The third-order valence-corrected chi connectivity index (χ3v) is 9.65. The van der Waals surface area contributed by atoms with Gasteiger partial charge in [0.1, 0.15) is 11.9 Å². The highest BCUT2D eigenvalue weighted by atomic mass is 35.5. The normalized spacial score (nSPS) is 18.9. The van der Waals surface area contributed by atoms with Gasteiger partial charge in [0.2, 0.25) is 11.9 Å². The van der Waals surface area contributed by atoms with Crippen molar-refractivity contribution in [2.24, 2.45) is 0 Å². The number of rotatable bonds is 8. The number of hydrogen-bond donors (Lipinski definition) is 2. The summed E-state index contributed by atoms with van der Waals surface area (Å²) in [7, 11) is 2.08. The van der Waals surface area contributed by atoms with Crippen molar-refractivity contribution >= 4 is 35.1 Å². The van der Waals surface area contributed by atoms with Crippen LogP contribution < -0.4 is 15.5 Å². The SMILES string of the molecule is C[C@H](C(=O)N[C@H](C)c1cc(F)cc(N2CCN(C)CC2)c1)N1Cc2ccc(-c3nc(NC4CCCCC4)ncc3Cl)cc2C1=O. The van der Waals surface area contributed by atoms with E-state index in [4.69, 9.17) is 16.6 Å². The summed E-state index contributed by atoms with van der Waals surface area (Å²) in [4.78, 5) is 42.1. The van der Waals surface area contributed by atoms with Crippen molar-refractivity contribution < 1.29 is 14.0 Å². The molecule has 6 rings (SSSR count). The molecule has 0 radical (unpaired) electrons. The number of carbonyl (C=O) groups is 2. The molecular weight excluding hydrogens is 593 g/mol. The number of aromatic nitrogens is 2. The minimum Gasteiger partial charge on any atom is -0.369 e. The predicted molar refractivity (Wildman–Crippen MR) is 175 cm³/mol. The zero-order valence-corrected chi connectivity index (χ0v) is 26.9. The molecule has 3 heterocycles. The number of halogens is 2. The number of fused-ring (bicyclic) bond motifs is 1. The van der Waals surface area contributed by atoms with E-state index in [9.17, 15) is 14.0 Å². The molecule has 9 nitrogen and oxygen atoms in total. The zero-order valence-electron chi connectivity index (χ0n) is 26.2. The monoisotopic (exact) mass is 633 g/mol. The first kappa shape index (κ1) is 31.2. The molecule has 0 unspecified atom stereocenters. The van der Waals surface area contributed by atoms with Crippen LogP contribution in [0.5, 0.6) is 0 Å². The first-order chi connectivity index (χ1) is 21.7. The van der Waals surface area contributed by atoms with E-state index in [1.807, 2.05) is 25.1 Å². The van der Waals surface area contributed by atoms with Gasteiger partial charge in [0, 0.05) is 55.6 Å². The Morgan fingerprint density at radius 3 is 2.56 bits per heavy atom. The summed E-state index contributed by atoms with van der Waals surface area (Å²) in [6.45, 7) is 7.33. The summed E-state index contributed by atoms with van der Waals surface area (Å²) >= 11 is 6.52. The van der Waals surface area contributed by atoms with Gasteiger partial charge in [-0.05, 0) is 69.1 Å². The first-order valence-electron chi connectivity index (χ1n) is 15.9. The maximum absolute atomic E-state index is 14.6. The van der Waals surface area contributed by atoms with Crippen LogP contribution >= 0.6 is 11.6 Å². The number of hydrogen-bond acceptors (Lipinski definition) is 7. The molecule has 2 fully saturated rings. The number of piperazine rings is 1. The van der Waals surface area contributed by atoms with Gasteiger partial charge >= 0.3 is 0 Å². The molecule has 2 amide bonds. The number of amides is 2. The summed E-state index contributed by atoms with van der Waals surface area (Å²) in [5, 5.41) is 6.85. The second kappa shape index (κ2) is 13.3. The van der Waals surface area contributed by atoms with E-state index in [0.717, 1.165) is 55.8 Å². The fourth-order valence-corrected chi connectivity index (χ4v) is 6.70. The first-order valence-corrected chi connectivity index (χ1v) is 16.3. The Hall–Kier alpha value is -3.76. The Balaban J connectivity index is 1.13. The van der Waals surface area contributed by atoms with E-state index >= 15 is 0 Å². The quantitative estimate of drug-likeness (QED) is 0.331. The van der Waals surface area contributed by atoms with E-state index in [1.165, 1.54) is 25.3 Å². The van der Waals surface area contributed by atoms with Gasteiger partial charge in [-0.25, -0.2) is 14.4 Å². The highest BCUT2D eigenvalue weighted by Crippen LogP contribution is 2.33. The van der Waals surface area contributed by atoms with Crippen molar-refractivity contribution in [2.45, 2.75) is 70.6 Å². The van der Waals surface area contributed by atoms with Crippen LogP contribution in [-0.4, -0.2) is 76.9 Å². The van der Waals surface area contributed by atoms with E-state index in [2.05, 4.69) is 32.5 Å². The third-order valence-electron chi connectivity index (χ3n) is 9.38. The van der Waals surface area contributed by atoms with Gasteiger partial charge in [-0.1, -0.05) is 43.0 Å². The Morgan fingerprint density at radius 1 is 1.04 bits per heavy atom. The molecule has 1 aliphatic carbocycles. The minimum atomic E-state index is -0.726. The van der Waals surface area contributed by atoms with Crippen LogP contribution in [0.4, 0.5) is 16.0 Å². The van der Waals surface area contributed by atoms with Crippen molar-refractivity contribution in [3.63, 3.8) is 0 Å². The second-order valence-electron chi connectivity index (χ2n) is 12.6. The molecule has 2 aromatic carbocycles. The van der Waals surface area contributed by atoms with Crippen LogP contribution in [-0.2, 0) is 11.3 Å². The number of nitrogens with one attached hydrogen (secondary N) is 2. The molecule has 238 valence electrons. The van der Waals surface area contributed by atoms with Crippen molar-refractivity contribution in [1.29, 1.82) is 0 Å². The largest absolute Gasteiger partial charge is 0.369 e. The third kappa shape index (κ3) is 6.92. The van der Waals surface area contributed by atoms with Gasteiger partial charge in [-0.2, -0.15) is 0 Å². The zero-order chi connectivity index (χ0) is 31.7. The minimum absolute atomic E-state index is 0.226. The number of carbonyl (C=O) groups excluding carboxylic acids is 2. The molecule has 11 heteroatoms. The van der Waals surface area contributed by atoms with Gasteiger partial charge in [-0.15, -0.1) is 0 Å². The lowest BCUT2D eigenvalue weighted by Gasteiger charge is -2.34. The molecule has 3 aliphatic rings. The fraction of sp³-hybridized carbons (Fsp3) is 0.471. The Morgan fingerprint density at radius 2 is 1.80 bits per heavy atom. The van der Waals surface area contributed by atoms with Gasteiger partial charge in [0.15, 0.2) is 0 Å². The molecule has 2 N–H and O–H groups in total. The molecule has 3 aromatic rings. The van der Waals surface area contributed by atoms with Gasteiger partial charge < -0.3 is 25.3 Å². The smallest absolute Gasteiger partial charge is 0.255 e. The Labute approximate surface area is 269 Å². The van der Waals surface area contributed by atoms with Crippen LogP contribution in [0.3, 0.4) is 0 Å². The molecule has 2 atom stereocenters. The number of likely N-dealkylation sites (N-methyl/N-ethyl adjacent to an activating group) is 1. The van der Waals surface area contributed by atoms with Crippen LogP contribution in [0.2, 0.25) is 5.02 Å². The Kier molecular flexibility index (Phi) is 9.23. The molecule has 1 saturated heterocycles. The summed E-state index contributed by atoms with van der Waals surface area (Å²) < 4.78 is 14.6. The summed E-state index contributed by atoms with van der Waals surface area (Å²) in [6, 6.07) is 9.73. The average molecular weight is 634 g/mol. The maximum Gasteiger partial charge on any atom is 0.255 e. The Bertz CT molecular complexity index is 1570. The number of nitrogens with zero attached hydrogens (tertiary/aromatic N) is 5. The molecule has 0 spiro atoms. The molecule has 45 heavy (non-hydrogen) atoms. The maximum atomic E-state index is 14.6. The molecule has 1 aromatic heterocycles. The topological polar surface area (TPSA) is 93.7 Å². The van der Waals surface area contributed by atoms with Crippen molar-refractivity contribution in [2.75, 3.05) is 43.4 Å². The van der Waals surface area contributed by atoms with Gasteiger partial charge in [0.25, 0.3) is 5.91 Å². The highest BCUT2D eigenvalue weighted by Gasteiger charge is 2.35. The lowest BCUT2D eigenvalue weighted by molar-refractivity contribution is -0.125. The van der Waals surface area contributed by atoms with E-state index < -0.39 is 12.1 Å². The summed E-state index contributed by atoms with van der Waals surface area (Å²) in [5.41, 5.74) is 4.14. The van der Waals surface area contributed by atoms with E-state index in [1.54, 1.807) is 30.2 Å². The number of benzene rings is 2. The highest BCUT2D eigenvalue weighted by molar-refractivity contribution is 6.33. The molecule has 0 bridgehead atoms. The summed E-state index contributed by atoms with van der Waals surface area (Å²) in [5.74, 6) is -0.331. The molecule has 2 aliphatic heterocycles. The van der Waals surface area contributed by atoms with Gasteiger partial charge in [-0.3, -0.25) is 9.59 Å². The molecular formula is C34H41ClFN7O2. The number of anilines is 2. The molecule has 1 saturated carbocycles. The van der Waals surface area contributed by atoms with Crippen LogP contribution in [0.15, 0.2) is 42.6 Å². The van der Waals surface area contributed by atoms with Crippen LogP contribution in [0, 0.1) is 5.82 Å². The fourth-order valence-electron chi connectivity index (χ4n) is 6.50. The summed E-state index contributed by atoms with van der Waals surface area (Å²) in [6.07, 6.45) is 7.43. The predicted octanol–water partition coefficient (Wildman–Crippen LogP) is 5.65. The van der Waals surface area contributed by atoms with E-state index in [0.29, 0.717) is 40.4 Å². The van der Waals surface area contributed by atoms with Crippen molar-refractivity contribution in [3.8, 4) is 11.3 Å². The van der Waals surface area contributed by atoms with Crippen molar-refractivity contribution in [3.05, 3.63) is 70.1 Å². The standard InChI is InChI=1S/C34H41ClFN7O2/c1-21(25-15-26(36)18-28(16-25)42-13-11-41(3)12-14-42)38-32(44)22(2)43-20-24-10-9-23(17-29(24)33(43)45)31-30(35)19-37-34(40-31)39-27-7-5-4-6-8-27/h9-10,15-19,21-22,27H,4-8,11-14,20H2,1-3H3,(H,38,44)(H,37,39,40)/t21-,22-/m1/s1. The second-order valence-corrected chi connectivity index (χ2v) is 13.0. The van der Waals surface area contributed by atoms with Gasteiger partial charge in [0.05, 0.1) is 23.0 Å². The van der Waals surface area contributed by atoms with E-state index in [-0.39, 0.29) is 17.6 Å². The lowest BCUT2D eigenvalue weighted by atomic mass is 9.96. The lowest BCUT2D eigenvalue weighted by Crippen LogP contribution is -2.46. The van der Waals surface area contributed by atoms with Crippen LogP contribution in [0.25, 0.3) is 11.3 Å².